The van der Waals surface area contributed by atoms with Gasteiger partial charge in [-0.2, -0.15) is 5.26 Å². The van der Waals surface area contributed by atoms with Gasteiger partial charge in [-0.15, -0.1) is 0 Å². The van der Waals surface area contributed by atoms with Crippen molar-refractivity contribution in [2.75, 3.05) is 31.6 Å². The largest absolute Gasteiger partial charge is 0.461 e. The summed E-state index contributed by atoms with van der Waals surface area (Å²) < 4.78 is 5.28. The van der Waals surface area contributed by atoms with Crippen LogP contribution in [0.3, 0.4) is 0 Å². The van der Waals surface area contributed by atoms with Crippen molar-refractivity contribution < 1.29 is 14.3 Å². The Hall–Kier alpha value is -3.17. The Bertz CT molecular complexity index is 804. The molecule has 0 saturated heterocycles. The highest BCUT2D eigenvalue weighted by Gasteiger charge is 2.10. The van der Waals surface area contributed by atoms with Gasteiger partial charge < -0.3 is 15.0 Å². The molecule has 0 saturated carbocycles. The lowest BCUT2D eigenvalue weighted by atomic mass is 10.1. The molecule has 6 nitrogen and oxygen atoms in total. The van der Waals surface area contributed by atoms with Crippen LogP contribution in [0.25, 0.3) is 0 Å². The number of nitriles is 1. The van der Waals surface area contributed by atoms with E-state index >= 15 is 0 Å². The van der Waals surface area contributed by atoms with Gasteiger partial charge in [0.1, 0.15) is 6.61 Å². The number of hydrogen-bond donors (Lipinski definition) is 1. The van der Waals surface area contributed by atoms with Gasteiger partial charge in [0.25, 0.3) is 5.91 Å². The highest BCUT2D eigenvalue weighted by molar-refractivity contribution is 6.04. The standard InChI is InChI=1S/C21H23N3O3/c1-3-24(4-2)13-14-27-21(26)18-9-11-19(12-10-18)23-20(25)17-7-5-16(15-22)6-8-17/h5-12H,3-4,13-14H2,1-2H3,(H,23,25). The molecule has 0 aromatic heterocycles. The number of nitrogens with one attached hydrogen (secondary N) is 1. The summed E-state index contributed by atoms with van der Waals surface area (Å²) in [6, 6.07) is 14.9. The van der Waals surface area contributed by atoms with E-state index in [4.69, 9.17) is 10.00 Å². The summed E-state index contributed by atoms with van der Waals surface area (Å²) in [5.74, 6) is -0.666. The fourth-order valence-electron chi connectivity index (χ4n) is 2.48. The van der Waals surface area contributed by atoms with Gasteiger partial charge >= 0.3 is 5.97 Å². The highest BCUT2D eigenvalue weighted by atomic mass is 16.5. The van der Waals surface area contributed by atoms with Crippen LogP contribution in [0.4, 0.5) is 5.69 Å². The first-order valence-corrected chi connectivity index (χ1v) is 8.88. The van der Waals surface area contributed by atoms with Gasteiger partial charge in [-0.25, -0.2) is 4.79 Å². The summed E-state index contributed by atoms with van der Waals surface area (Å²) >= 11 is 0. The molecular weight excluding hydrogens is 342 g/mol. The number of nitrogens with zero attached hydrogens (tertiary/aromatic N) is 2. The van der Waals surface area contributed by atoms with Crippen LogP contribution in [0.15, 0.2) is 48.5 Å². The van der Waals surface area contributed by atoms with Crippen LogP contribution >= 0.6 is 0 Å². The van der Waals surface area contributed by atoms with Gasteiger partial charge in [0.15, 0.2) is 0 Å². The molecule has 2 rings (SSSR count). The zero-order valence-corrected chi connectivity index (χ0v) is 15.6. The molecule has 0 spiro atoms. The molecule has 0 heterocycles. The van der Waals surface area contributed by atoms with Crippen molar-refractivity contribution in [1.29, 1.82) is 5.26 Å². The van der Waals surface area contributed by atoms with Crippen LogP contribution in [-0.2, 0) is 4.74 Å². The normalized spacial score (nSPS) is 10.3. The van der Waals surface area contributed by atoms with E-state index in [1.807, 2.05) is 6.07 Å². The summed E-state index contributed by atoms with van der Waals surface area (Å²) in [5.41, 5.74) is 1.96. The number of hydrogen-bond acceptors (Lipinski definition) is 5. The van der Waals surface area contributed by atoms with Crippen molar-refractivity contribution in [3.63, 3.8) is 0 Å². The SMILES string of the molecule is CCN(CC)CCOC(=O)c1ccc(NC(=O)c2ccc(C#N)cc2)cc1. The van der Waals surface area contributed by atoms with Crippen LogP contribution in [0.1, 0.15) is 40.1 Å². The minimum Gasteiger partial charge on any atom is -0.461 e. The molecule has 1 amide bonds. The first-order valence-electron chi connectivity index (χ1n) is 8.88. The van der Waals surface area contributed by atoms with Crippen molar-refractivity contribution in [3.8, 4) is 6.07 Å². The maximum Gasteiger partial charge on any atom is 0.338 e. The Kier molecular flexibility index (Phi) is 7.53. The minimum atomic E-state index is -0.382. The van der Waals surface area contributed by atoms with E-state index in [1.165, 1.54) is 0 Å². The first-order chi connectivity index (χ1) is 13.1. The molecule has 2 aromatic rings. The molecule has 27 heavy (non-hydrogen) atoms. The van der Waals surface area contributed by atoms with Gasteiger partial charge in [0.05, 0.1) is 17.2 Å². The quantitative estimate of drug-likeness (QED) is 0.726. The van der Waals surface area contributed by atoms with Crippen molar-refractivity contribution in [2.24, 2.45) is 0 Å². The number of likely N-dealkylation sites (N-methyl/N-ethyl adjacent to an activating group) is 1. The van der Waals surface area contributed by atoms with Crippen LogP contribution in [0.2, 0.25) is 0 Å². The zero-order valence-electron chi connectivity index (χ0n) is 15.6. The molecule has 0 atom stereocenters. The lowest BCUT2D eigenvalue weighted by molar-refractivity contribution is 0.0466. The number of ether oxygens (including phenoxy) is 1. The number of carbonyl (C=O) groups excluding carboxylic acids is 2. The maximum absolute atomic E-state index is 12.2. The second kappa shape index (κ2) is 10.1. The summed E-state index contributed by atoms with van der Waals surface area (Å²) in [6.07, 6.45) is 0. The van der Waals surface area contributed by atoms with Crippen molar-refractivity contribution in [1.82, 2.24) is 4.90 Å². The van der Waals surface area contributed by atoms with E-state index in [9.17, 15) is 9.59 Å². The van der Waals surface area contributed by atoms with E-state index in [1.54, 1.807) is 48.5 Å². The Morgan fingerprint density at radius 3 is 2.15 bits per heavy atom. The monoisotopic (exact) mass is 365 g/mol. The molecule has 0 bridgehead atoms. The third kappa shape index (κ3) is 5.94. The van der Waals surface area contributed by atoms with Gasteiger partial charge in [0, 0.05) is 17.8 Å². The molecule has 0 aliphatic rings. The average Bonchev–Trinajstić information content (AvgIpc) is 2.71. The summed E-state index contributed by atoms with van der Waals surface area (Å²) in [7, 11) is 0. The molecule has 0 aliphatic carbocycles. The lowest BCUT2D eigenvalue weighted by Gasteiger charge is -2.17. The average molecular weight is 365 g/mol. The van der Waals surface area contributed by atoms with Crippen LogP contribution < -0.4 is 5.32 Å². The number of anilines is 1. The fourth-order valence-corrected chi connectivity index (χ4v) is 2.48. The Labute approximate surface area is 159 Å². The molecule has 0 unspecified atom stereocenters. The highest BCUT2D eigenvalue weighted by Crippen LogP contribution is 2.13. The Balaban J connectivity index is 1.89. The Morgan fingerprint density at radius 1 is 1.00 bits per heavy atom. The van der Waals surface area contributed by atoms with E-state index in [-0.39, 0.29) is 11.9 Å². The first kappa shape index (κ1) is 20.1. The smallest absolute Gasteiger partial charge is 0.338 e. The van der Waals surface area contributed by atoms with Gasteiger partial charge in [-0.3, -0.25) is 4.79 Å². The molecule has 0 aliphatic heterocycles. The van der Waals surface area contributed by atoms with E-state index in [0.29, 0.717) is 35.5 Å². The van der Waals surface area contributed by atoms with E-state index in [0.717, 1.165) is 13.1 Å². The Morgan fingerprint density at radius 2 is 1.59 bits per heavy atom. The predicted octanol–water partition coefficient (Wildman–Crippen LogP) is 3.31. The number of benzene rings is 2. The van der Waals surface area contributed by atoms with Crippen molar-refractivity contribution in [3.05, 3.63) is 65.2 Å². The van der Waals surface area contributed by atoms with E-state index in [2.05, 4.69) is 24.1 Å². The molecular formula is C21H23N3O3. The summed E-state index contributed by atoms with van der Waals surface area (Å²) in [5, 5.41) is 11.5. The molecule has 2 aromatic carbocycles. The number of esters is 1. The number of rotatable bonds is 8. The zero-order chi connectivity index (χ0) is 19.6. The number of amides is 1. The van der Waals surface area contributed by atoms with Crippen molar-refractivity contribution in [2.45, 2.75) is 13.8 Å². The van der Waals surface area contributed by atoms with Crippen LogP contribution in [0, 0.1) is 11.3 Å². The molecule has 140 valence electrons. The van der Waals surface area contributed by atoms with E-state index < -0.39 is 0 Å². The van der Waals surface area contributed by atoms with Gasteiger partial charge in [0.2, 0.25) is 0 Å². The second-order valence-electron chi connectivity index (χ2n) is 5.88. The van der Waals surface area contributed by atoms with Crippen LogP contribution in [0.5, 0.6) is 0 Å². The van der Waals surface area contributed by atoms with Crippen LogP contribution in [-0.4, -0.2) is 43.0 Å². The molecule has 1 N–H and O–H groups in total. The predicted molar refractivity (Wildman–Crippen MR) is 104 cm³/mol. The lowest BCUT2D eigenvalue weighted by Crippen LogP contribution is -2.27. The minimum absolute atomic E-state index is 0.283. The molecule has 0 fully saturated rings. The fraction of sp³-hybridized carbons (Fsp3) is 0.286. The third-order valence-corrected chi connectivity index (χ3v) is 4.19. The summed E-state index contributed by atoms with van der Waals surface area (Å²) in [6.45, 7) is 7.02. The molecule has 6 heteroatoms. The summed E-state index contributed by atoms with van der Waals surface area (Å²) in [4.78, 5) is 26.4. The van der Waals surface area contributed by atoms with Gasteiger partial charge in [-0.05, 0) is 61.6 Å². The second-order valence-corrected chi connectivity index (χ2v) is 5.88. The van der Waals surface area contributed by atoms with Gasteiger partial charge in [-0.1, -0.05) is 13.8 Å². The number of carbonyl (C=O) groups is 2. The topological polar surface area (TPSA) is 82.4 Å². The maximum atomic E-state index is 12.2. The molecule has 0 radical (unpaired) electrons. The third-order valence-electron chi connectivity index (χ3n) is 4.19. The van der Waals surface area contributed by atoms with Crippen molar-refractivity contribution >= 4 is 17.6 Å².